The monoisotopic (exact) mass is 721 g/mol. The number of aliphatic hydroxyl groups excluding tert-OH is 1. The second-order valence-electron chi connectivity index (χ2n) is 10.7. The van der Waals surface area contributed by atoms with Crippen molar-refractivity contribution in [1.29, 1.82) is 5.41 Å². The number of carbonyl (C=O) groups is 1. The summed E-state index contributed by atoms with van der Waals surface area (Å²) in [6, 6.07) is -2.44. The molecule has 0 aliphatic carbocycles. The maximum absolute atomic E-state index is 16.1. The molecule has 3 fully saturated rings. The molecule has 7 rings (SSSR count). The maximum Gasteiger partial charge on any atom is 0.386 e. The minimum absolute atomic E-state index is 0.0249. The minimum atomic E-state index is -4.35. The van der Waals surface area contributed by atoms with Crippen molar-refractivity contribution in [3.8, 4) is 0 Å². The molecule has 1 amide bonds. The lowest BCUT2D eigenvalue weighted by Crippen LogP contribution is -2.53. The molecule has 25 heteroatoms. The predicted octanol–water partition coefficient (Wildman–Crippen LogP) is -1.20. The van der Waals surface area contributed by atoms with Crippen LogP contribution in [-0.4, -0.2) is 121 Å². The van der Waals surface area contributed by atoms with E-state index < -0.39 is 100 Å². The summed E-state index contributed by atoms with van der Waals surface area (Å²) in [6.07, 6.45) is -4.37. The van der Waals surface area contributed by atoms with Gasteiger partial charge in [-0.1, -0.05) is 12.2 Å². The molecule has 0 aromatic carbocycles. The third-order valence-corrected chi connectivity index (χ3v) is 11.3. The molecule has 0 saturated carbocycles. The number of aliphatic hydroxyl groups is 1. The molecule has 2 aromatic heterocycles. The van der Waals surface area contributed by atoms with Gasteiger partial charge in [-0.25, -0.2) is 29.0 Å². The number of hydrogen-bond donors (Lipinski definition) is 7. The molecule has 11 unspecified atom stereocenters. The summed E-state index contributed by atoms with van der Waals surface area (Å²) in [5.74, 6) is -1.91. The van der Waals surface area contributed by atoms with Gasteiger partial charge in [0.2, 0.25) is 5.96 Å². The van der Waals surface area contributed by atoms with Crippen molar-refractivity contribution >= 4 is 78.5 Å². The number of carbonyl (C=O) groups excluding carboxylic acids is 1. The van der Waals surface area contributed by atoms with E-state index in [4.69, 9.17) is 46.0 Å². The molecule has 7 N–H and O–H groups in total. The number of ether oxygens (including phenoxy) is 2. The number of nitrogens with one attached hydrogen (secondary N) is 3. The predicted molar refractivity (Wildman–Crippen MR) is 162 cm³/mol. The molecule has 2 bridgehead atoms. The highest BCUT2D eigenvalue weighted by Gasteiger charge is 2.55. The summed E-state index contributed by atoms with van der Waals surface area (Å²) in [6.45, 7) is -9.94. The van der Waals surface area contributed by atoms with Gasteiger partial charge in [-0.05, 0) is 11.8 Å². The SMILES string of the molecule is N=C1N=C2C(N=CN2C2OC3COP(O)(=S)NC4C(COP(=O)(S)OC2C3CO)OC(n2cnc3c(N)ncnc32)C4F)C(=O)N1. The van der Waals surface area contributed by atoms with Crippen LogP contribution < -0.4 is 16.1 Å². The van der Waals surface area contributed by atoms with Crippen LogP contribution in [0.1, 0.15) is 6.23 Å². The lowest BCUT2D eigenvalue weighted by atomic mass is 9.99. The quantitative estimate of drug-likeness (QED) is 0.145. The number of thiol groups is 1. The van der Waals surface area contributed by atoms with E-state index in [1.54, 1.807) is 0 Å². The number of amidine groups is 1. The second kappa shape index (κ2) is 11.9. The van der Waals surface area contributed by atoms with E-state index in [1.807, 2.05) is 0 Å². The van der Waals surface area contributed by atoms with Crippen LogP contribution in [0.3, 0.4) is 0 Å². The fraction of sp³-hybridized carbons (Fsp3) is 0.571. The number of alkyl halides is 1. The first-order valence-electron chi connectivity index (χ1n) is 13.5. The van der Waals surface area contributed by atoms with Crippen LogP contribution in [0, 0.1) is 11.3 Å². The van der Waals surface area contributed by atoms with Crippen molar-refractivity contribution in [3.63, 3.8) is 0 Å². The average Bonchev–Trinajstić information content (AvgIpc) is 3.75. The normalized spacial score (nSPS) is 41.3. The van der Waals surface area contributed by atoms with Crippen molar-refractivity contribution < 1.29 is 46.8 Å². The fourth-order valence-electron chi connectivity index (χ4n) is 5.80. The number of nitrogen functional groups attached to an aromatic ring is 1. The summed E-state index contributed by atoms with van der Waals surface area (Å²) >= 11 is 9.45. The van der Waals surface area contributed by atoms with E-state index in [-0.39, 0.29) is 22.8 Å². The topological polar surface area (TPSA) is 266 Å². The number of guanidine groups is 1. The summed E-state index contributed by atoms with van der Waals surface area (Å²) in [5.41, 5.74) is 6.26. The van der Waals surface area contributed by atoms with Gasteiger partial charge in [0.1, 0.15) is 24.1 Å². The Hall–Kier alpha value is -2.53. The third kappa shape index (κ3) is 5.67. The Morgan fingerprint density at radius 1 is 1.22 bits per heavy atom. The largest absolute Gasteiger partial charge is 0.396 e. The van der Waals surface area contributed by atoms with E-state index in [1.165, 1.54) is 28.5 Å². The Labute approximate surface area is 268 Å². The molecule has 3 saturated heterocycles. The molecule has 11 atom stereocenters. The second-order valence-corrected chi connectivity index (χ2v) is 16.6. The van der Waals surface area contributed by atoms with Gasteiger partial charge < -0.3 is 29.7 Å². The van der Waals surface area contributed by atoms with Gasteiger partial charge in [-0.15, -0.1) is 0 Å². The van der Waals surface area contributed by atoms with Gasteiger partial charge in [-0.2, -0.15) is 4.99 Å². The van der Waals surface area contributed by atoms with Crippen LogP contribution in [0.25, 0.3) is 11.2 Å². The summed E-state index contributed by atoms with van der Waals surface area (Å²) in [7, 11) is 0. The Balaban J connectivity index is 1.19. The highest BCUT2D eigenvalue weighted by Crippen LogP contribution is 2.57. The Morgan fingerprint density at radius 3 is 2.76 bits per heavy atom. The number of amides is 1. The van der Waals surface area contributed by atoms with E-state index in [0.717, 1.165) is 0 Å². The first-order valence-corrected chi connectivity index (χ1v) is 18.9. The molecule has 7 heterocycles. The third-order valence-electron chi connectivity index (χ3n) is 7.92. The zero-order valence-corrected chi connectivity index (χ0v) is 26.6. The molecule has 2 aromatic rings. The van der Waals surface area contributed by atoms with Crippen molar-refractivity contribution in [2.75, 3.05) is 25.6 Å². The zero-order valence-electron chi connectivity index (χ0n) is 23.1. The number of nitrogens with zero attached hydrogens (tertiary/aromatic N) is 7. The van der Waals surface area contributed by atoms with Crippen molar-refractivity contribution in [2.45, 2.75) is 49.0 Å². The molecule has 5 aliphatic rings. The Morgan fingerprint density at radius 2 is 1.98 bits per heavy atom. The van der Waals surface area contributed by atoms with Gasteiger partial charge in [-0.3, -0.25) is 39.0 Å². The average molecular weight is 722 g/mol. The van der Waals surface area contributed by atoms with Crippen LogP contribution >= 0.6 is 25.7 Å². The van der Waals surface area contributed by atoms with Crippen LogP contribution in [0.5, 0.6) is 0 Å². The van der Waals surface area contributed by atoms with Crippen LogP contribution in [0.4, 0.5) is 10.2 Å². The van der Waals surface area contributed by atoms with E-state index in [9.17, 15) is 19.4 Å². The van der Waals surface area contributed by atoms with E-state index in [2.05, 4.69) is 47.6 Å². The first kappa shape index (κ1) is 32.0. The molecule has 248 valence electrons. The molecular formula is C21H26FN11O9P2S2. The fourth-order valence-corrected chi connectivity index (χ4v) is 8.95. The molecular weight excluding hydrogens is 695 g/mol. The van der Waals surface area contributed by atoms with Gasteiger partial charge in [0, 0.05) is 5.92 Å². The number of imidazole rings is 1. The van der Waals surface area contributed by atoms with E-state index >= 15 is 4.39 Å². The summed E-state index contributed by atoms with van der Waals surface area (Å²) < 4.78 is 60.3. The Bertz CT molecular complexity index is 1750. The highest BCUT2D eigenvalue weighted by molar-refractivity contribution is 8.44. The zero-order chi connectivity index (χ0) is 32.5. The van der Waals surface area contributed by atoms with E-state index in [0.29, 0.717) is 0 Å². The van der Waals surface area contributed by atoms with Crippen LogP contribution in [0.15, 0.2) is 22.6 Å². The van der Waals surface area contributed by atoms with Gasteiger partial charge in [0.15, 0.2) is 42.0 Å². The minimum Gasteiger partial charge on any atom is -0.396 e. The van der Waals surface area contributed by atoms with Crippen LogP contribution in [0.2, 0.25) is 0 Å². The summed E-state index contributed by atoms with van der Waals surface area (Å²) in [4.78, 5) is 45.1. The van der Waals surface area contributed by atoms with Gasteiger partial charge >= 0.3 is 6.80 Å². The number of aromatic nitrogens is 4. The number of aliphatic imine (C=N–C) groups is 2. The number of nitrogens with two attached hydrogens (primary N) is 1. The smallest absolute Gasteiger partial charge is 0.386 e. The number of fused-ring (bicyclic) bond motifs is 5. The van der Waals surface area contributed by atoms with Crippen molar-refractivity contribution in [2.24, 2.45) is 15.9 Å². The number of hydrogen-bond acceptors (Lipinski definition) is 16. The molecule has 0 spiro atoms. The van der Waals surface area contributed by atoms with Gasteiger partial charge in [0.05, 0.1) is 44.6 Å². The van der Waals surface area contributed by atoms with Crippen molar-refractivity contribution in [1.82, 2.24) is 34.8 Å². The highest BCUT2D eigenvalue weighted by atomic mass is 32.7. The molecule has 0 radical (unpaired) electrons. The lowest BCUT2D eigenvalue weighted by molar-refractivity contribution is -0.119. The number of halogens is 1. The molecule has 20 nitrogen and oxygen atoms in total. The summed E-state index contributed by atoms with van der Waals surface area (Å²) in [5, 5.41) is 23.1. The molecule has 46 heavy (non-hydrogen) atoms. The van der Waals surface area contributed by atoms with Crippen molar-refractivity contribution in [3.05, 3.63) is 12.7 Å². The number of anilines is 1. The first-order chi connectivity index (χ1) is 21.9. The standard InChI is InChI=1S/C21H26FN11O9P2S2/c22-10-11-9(41-19(10)32-5-27-12-15(23)25-4-26-16(12)32)3-39-44(37,46)42-14-7(1-34)8(2-38-43(36,45)31-11)40-20(14)33-6-28-13-17(33)29-21(24)30-18(13)35/h4-11,13-14,19-20,34H,1-3H2,(H,37,46)(H2,23,25,26)(H2,24,30,35)(H2,31,36,45). The number of rotatable bonds is 3. The van der Waals surface area contributed by atoms with Gasteiger partial charge in [0.25, 0.3) is 12.5 Å². The lowest BCUT2D eigenvalue weighted by Gasteiger charge is -2.32. The Kier molecular flexibility index (Phi) is 8.26. The van der Waals surface area contributed by atoms with Crippen LogP contribution in [-0.2, 0) is 44.2 Å². The maximum atomic E-state index is 16.1. The molecule has 5 aliphatic heterocycles.